The second-order valence-electron chi connectivity index (χ2n) is 8.62. The molecule has 1 N–H and O–H groups in total. The van der Waals surface area contributed by atoms with Crippen LogP contribution in [0.5, 0.6) is 0 Å². The summed E-state index contributed by atoms with van der Waals surface area (Å²) >= 11 is 0. The summed E-state index contributed by atoms with van der Waals surface area (Å²) in [6, 6.07) is 30.9. The van der Waals surface area contributed by atoms with Gasteiger partial charge in [0.25, 0.3) is 0 Å². The van der Waals surface area contributed by atoms with E-state index in [9.17, 15) is 4.79 Å². The Morgan fingerprint density at radius 2 is 1.64 bits per heavy atom. The molecule has 33 heavy (non-hydrogen) atoms. The summed E-state index contributed by atoms with van der Waals surface area (Å²) < 4.78 is 2.22. The van der Waals surface area contributed by atoms with E-state index >= 15 is 0 Å². The summed E-state index contributed by atoms with van der Waals surface area (Å²) in [5.74, 6) is 0.864. The lowest BCUT2D eigenvalue weighted by Crippen LogP contribution is -2.30. The van der Waals surface area contributed by atoms with Gasteiger partial charge in [0, 0.05) is 6.54 Å². The molecule has 0 bridgehead atoms. The van der Waals surface area contributed by atoms with Crippen molar-refractivity contribution in [2.75, 3.05) is 0 Å². The van der Waals surface area contributed by atoms with Gasteiger partial charge in [-0.05, 0) is 59.5 Å². The van der Waals surface area contributed by atoms with E-state index in [1.165, 1.54) is 16.3 Å². The van der Waals surface area contributed by atoms with Crippen LogP contribution < -0.4 is 5.32 Å². The molecule has 0 aliphatic carbocycles. The Labute approximate surface area is 193 Å². The average molecular weight is 434 g/mol. The smallest absolute Gasteiger partial charge is 0.225 e. The van der Waals surface area contributed by atoms with Crippen LogP contribution in [0.25, 0.3) is 21.8 Å². The first kappa shape index (κ1) is 21.0. The molecule has 1 aromatic heterocycles. The van der Waals surface area contributed by atoms with E-state index < -0.39 is 0 Å². The van der Waals surface area contributed by atoms with Crippen molar-refractivity contribution in [3.63, 3.8) is 0 Å². The van der Waals surface area contributed by atoms with Crippen molar-refractivity contribution < 1.29 is 4.79 Å². The van der Waals surface area contributed by atoms with Gasteiger partial charge in [0.1, 0.15) is 5.82 Å². The van der Waals surface area contributed by atoms with Crippen molar-refractivity contribution in [2.45, 2.75) is 32.9 Å². The van der Waals surface area contributed by atoms with Crippen molar-refractivity contribution in [2.24, 2.45) is 0 Å². The van der Waals surface area contributed by atoms with Gasteiger partial charge >= 0.3 is 0 Å². The molecule has 0 radical (unpaired) electrons. The van der Waals surface area contributed by atoms with E-state index in [0.717, 1.165) is 28.0 Å². The van der Waals surface area contributed by atoms with Crippen molar-refractivity contribution in [1.29, 1.82) is 0 Å². The molecule has 1 amide bonds. The highest BCUT2D eigenvalue weighted by Crippen LogP contribution is 2.24. The third kappa shape index (κ3) is 4.37. The topological polar surface area (TPSA) is 46.9 Å². The molecule has 1 heterocycles. The van der Waals surface area contributed by atoms with E-state index in [4.69, 9.17) is 4.98 Å². The molecule has 1 atom stereocenters. The zero-order valence-electron chi connectivity index (χ0n) is 19.0. The number of para-hydroxylation sites is 2. The summed E-state index contributed by atoms with van der Waals surface area (Å²) in [6.45, 7) is 4.74. The minimum atomic E-state index is -0.214. The number of rotatable bonds is 6. The molecule has 0 saturated carbocycles. The first-order valence-electron chi connectivity index (χ1n) is 11.4. The van der Waals surface area contributed by atoms with Crippen LogP contribution in [0.2, 0.25) is 0 Å². The highest BCUT2D eigenvalue weighted by molar-refractivity contribution is 5.83. The fraction of sp³-hybridized carbons (Fsp3) is 0.172. The van der Waals surface area contributed by atoms with Crippen molar-refractivity contribution >= 4 is 27.7 Å². The van der Waals surface area contributed by atoms with E-state index in [-0.39, 0.29) is 11.9 Å². The molecule has 4 aromatic carbocycles. The van der Waals surface area contributed by atoms with Crippen LogP contribution in [0.4, 0.5) is 0 Å². The van der Waals surface area contributed by atoms with Gasteiger partial charge in [-0.2, -0.15) is 0 Å². The number of imidazole rings is 1. The molecule has 0 fully saturated rings. The molecule has 4 heteroatoms. The van der Waals surface area contributed by atoms with Crippen molar-refractivity contribution in [3.8, 4) is 0 Å². The first-order chi connectivity index (χ1) is 16.1. The quantitative estimate of drug-likeness (QED) is 0.359. The van der Waals surface area contributed by atoms with Crippen LogP contribution >= 0.6 is 0 Å². The molecule has 1 unspecified atom stereocenters. The lowest BCUT2D eigenvalue weighted by molar-refractivity contribution is -0.121. The predicted octanol–water partition coefficient (Wildman–Crippen LogP) is 5.97. The molecular formula is C29H27N3O. The lowest BCUT2D eigenvalue weighted by Gasteiger charge is -2.17. The maximum Gasteiger partial charge on any atom is 0.225 e. The van der Waals surface area contributed by atoms with Gasteiger partial charge in [-0.25, -0.2) is 4.98 Å². The number of benzene rings is 4. The van der Waals surface area contributed by atoms with Crippen molar-refractivity contribution in [3.05, 3.63) is 114 Å². The Morgan fingerprint density at radius 3 is 2.48 bits per heavy atom. The standard InChI is InChI=1S/C29H27N3O/c1-20-9-3-4-11-24(20)18-28(33)30-21(2)29-31-26-13-7-8-14-27(26)32(29)19-22-15-16-23-10-5-6-12-25(23)17-22/h3-17,21H,18-19H2,1-2H3,(H,30,33). The van der Waals surface area contributed by atoms with Gasteiger partial charge in [-0.1, -0.05) is 72.8 Å². The number of fused-ring (bicyclic) bond motifs is 2. The van der Waals surface area contributed by atoms with Crippen LogP contribution in [-0.4, -0.2) is 15.5 Å². The number of hydrogen-bond donors (Lipinski definition) is 1. The van der Waals surface area contributed by atoms with Gasteiger partial charge in [-0.15, -0.1) is 0 Å². The fourth-order valence-electron chi connectivity index (χ4n) is 4.45. The summed E-state index contributed by atoms with van der Waals surface area (Å²) in [5.41, 5.74) is 5.39. The normalized spacial score (nSPS) is 12.2. The number of nitrogens with one attached hydrogen (secondary N) is 1. The van der Waals surface area contributed by atoms with Gasteiger partial charge in [0.15, 0.2) is 0 Å². The molecule has 5 aromatic rings. The zero-order chi connectivity index (χ0) is 22.8. The maximum atomic E-state index is 12.8. The van der Waals surface area contributed by atoms with Gasteiger partial charge < -0.3 is 9.88 Å². The van der Waals surface area contributed by atoms with Crippen LogP contribution in [0.3, 0.4) is 0 Å². The van der Waals surface area contributed by atoms with Crippen LogP contribution in [0, 0.1) is 6.92 Å². The highest BCUT2D eigenvalue weighted by atomic mass is 16.1. The number of carbonyl (C=O) groups excluding carboxylic acids is 1. The number of hydrogen-bond acceptors (Lipinski definition) is 2. The van der Waals surface area contributed by atoms with Crippen LogP contribution in [-0.2, 0) is 17.8 Å². The number of nitrogens with zero attached hydrogens (tertiary/aromatic N) is 2. The van der Waals surface area contributed by atoms with Crippen LogP contribution in [0.1, 0.15) is 35.5 Å². The third-order valence-corrected chi connectivity index (χ3v) is 6.22. The average Bonchev–Trinajstić information content (AvgIpc) is 3.19. The largest absolute Gasteiger partial charge is 0.346 e. The number of aryl methyl sites for hydroxylation is 1. The number of aromatic nitrogens is 2. The van der Waals surface area contributed by atoms with E-state index in [1.54, 1.807) is 0 Å². The van der Waals surface area contributed by atoms with Gasteiger partial charge in [0.05, 0.1) is 23.5 Å². The molecule has 4 nitrogen and oxygen atoms in total. The Balaban J connectivity index is 1.44. The summed E-state index contributed by atoms with van der Waals surface area (Å²) in [7, 11) is 0. The summed E-state index contributed by atoms with van der Waals surface area (Å²) in [6.07, 6.45) is 0.363. The fourth-order valence-corrected chi connectivity index (χ4v) is 4.45. The minimum Gasteiger partial charge on any atom is -0.346 e. The second-order valence-corrected chi connectivity index (χ2v) is 8.62. The Morgan fingerprint density at radius 1 is 0.909 bits per heavy atom. The van der Waals surface area contributed by atoms with Crippen LogP contribution in [0.15, 0.2) is 91.0 Å². The van der Waals surface area contributed by atoms with E-state index in [2.05, 4.69) is 58.4 Å². The molecular weight excluding hydrogens is 406 g/mol. The Bertz CT molecular complexity index is 1450. The third-order valence-electron chi connectivity index (χ3n) is 6.22. The first-order valence-corrected chi connectivity index (χ1v) is 11.4. The van der Waals surface area contributed by atoms with Crippen molar-refractivity contribution in [1.82, 2.24) is 14.9 Å². The number of amides is 1. The minimum absolute atomic E-state index is 0.00103. The Hall–Kier alpha value is -3.92. The molecule has 0 spiro atoms. The monoisotopic (exact) mass is 433 g/mol. The lowest BCUT2D eigenvalue weighted by atomic mass is 10.1. The molecule has 164 valence electrons. The maximum absolute atomic E-state index is 12.8. The molecule has 0 aliphatic rings. The van der Waals surface area contributed by atoms with E-state index in [1.807, 2.05) is 56.3 Å². The molecule has 5 rings (SSSR count). The van der Waals surface area contributed by atoms with Gasteiger partial charge in [0.2, 0.25) is 5.91 Å². The number of carbonyl (C=O) groups is 1. The van der Waals surface area contributed by atoms with Gasteiger partial charge in [-0.3, -0.25) is 4.79 Å². The predicted molar refractivity (Wildman–Crippen MR) is 134 cm³/mol. The summed E-state index contributed by atoms with van der Waals surface area (Å²) in [4.78, 5) is 17.7. The SMILES string of the molecule is Cc1ccccc1CC(=O)NC(C)c1nc2ccccc2n1Cc1ccc2ccccc2c1. The zero-order valence-corrected chi connectivity index (χ0v) is 19.0. The second kappa shape index (κ2) is 8.91. The van der Waals surface area contributed by atoms with E-state index in [0.29, 0.717) is 13.0 Å². The molecule has 0 saturated heterocycles. The Kier molecular flexibility index (Phi) is 5.66. The summed E-state index contributed by atoms with van der Waals surface area (Å²) in [5, 5.41) is 5.62. The highest BCUT2D eigenvalue weighted by Gasteiger charge is 2.19. The molecule has 0 aliphatic heterocycles.